The molecule has 1 heteroatoms. The van der Waals surface area contributed by atoms with E-state index in [0.717, 1.165) is 23.8 Å². The van der Waals surface area contributed by atoms with E-state index >= 15 is 0 Å². The highest BCUT2D eigenvalue weighted by Crippen LogP contribution is 2.40. The molecule has 2 aliphatic carbocycles. The topological polar surface area (TPSA) is 12.0 Å². The van der Waals surface area contributed by atoms with Crippen LogP contribution < -0.4 is 5.32 Å². The third-order valence-corrected chi connectivity index (χ3v) is 5.73. The normalized spacial score (nSPS) is 36.9. The van der Waals surface area contributed by atoms with E-state index < -0.39 is 0 Å². The van der Waals surface area contributed by atoms with Crippen LogP contribution in [-0.2, 0) is 0 Å². The Labute approximate surface area is 120 Å². The highest BCUT2D eigenvalue weighted by atomic mass is 14.9. The van der Waals surface area contributed by atoms with Crippen LogP contribution in [0.3, 0.4) is 0 Å². The second kappa shape index (κ2) is 8.29. The van der Waals surface area contributed by atoms with Gasteiger partial charge in [0.05, 0.1) is 0 Å². The molecule has 2 aliphatic rings. The second-order valence-electron chi connectivity index (χ2n) is 7.06. The quantitative estimate of drug-likeness (QED) is 0.678. The first-order chi connectivity index (χ1) is 9.35. The van der Waals surface area contributed by atoms with Gasteiger partial charge in [-0.05, 0) is 50.0 Å². The molecule has 1 nitrogen and oxygen atoms in total. The largest absolute Gasteiger partial charge is 0.314 e. The van der Waals surface area contributed by atoms with Gasteiger partial charge in [0, 0.05) is 6.04 Å². The molecule has 4 unspecified atom stereocenters. The Morgan fingerprint density at radius 1 is 0.895 bits per heavy atom. The fourth-order valence-electron chi connectivity index (χ4n) is 4.58. The Morgan fingerprint density at radius 3 is 2.53 bits per heavy atom. The van der Waals surface area contributed by atoms with E-state index in [0.29, 0.717) is 0 Å². The molecule has 0 radical (unpaired) electrons. The van der Waals surface area contributed by atoms with Crippen LogP contribution in [0.1, 0.15) is 84.5 Å². The van der Waals surface area contributed by atoms with Crippen molar-refractivity contribution in [1.29, 1.82) is 0 Å². The van der Waals surface area contributed by atoms with Crippen molar-refractivity contribution in [2.45, 2.75) is 90.5 Å². The molecule has 0 aliphatic heterocycles. The fourth-order valence-corrected chi connectivity index (χ4v) is 4.58. The minimum Gasteiger partial charge on any atom is -0.314 e. The summed E-state index contributed by atoms with van der Waals surface area (Å²) in [6.45, 7) is 5.92. The smallest absolute Gasteiger partial charge is 0.00979 e. The van der Waals surface area contributed by atoms with Crippen molar-refractivity contribution in [1.82, 2.24) is 5.32 Å². The molecule has 112 valence electrons. The molecule has 4 atom stereocenters. The maximum absolute atomic E-state index is 3.89. The first kappa shape index (κ1) is 15.4. The molecular weight excluding hydrogens is 230 g/mol. The van der Waals surface area contributed by atoms with Gasteiger partial charge in [0.15, 0.2) is 0 Å². The Morgan fingerprint density at radius 2 is 1.74 bits per heavy atom. The Balaban J connectivity index is 1.95. The lowest BCUT2D eigenvalue weighted by Crippen LogP contribution is -2.40. The van der Waals surface area contributed by atoms with E-state index in [4.69, 9.17) is 0 Å². The highest BCUT2D eigenvalue weighted by molar-refractivity contribution is 4.87. The first-order valence-corrected chi connectivity index (χ1v) is 9.08. The van der Waals surface area contributed by atoms with Gasteiger partial charge < -0.3 is 5.32 Å². The summed E-state index contributed by atoms with van der Waals surface area (Å²) in [7, 11) is 0. The van der Waals surface area contributed by atoms with Crippen molar-refractivity contribution in [3.63, 3.8) is 0 Å². The first-order valence-electron chi connectivity index (χ1n) is 9.08. The van der Waals surface area contributed by atoms with Crippen molar-refractivity contribution in [2.24, 2.45) is 17.8 Å². The predicted molar refractivity (Wildman–Crippen MR) is 84.4 cm³/mol. The molecule has 0 bridgehead atoms. The van der Waals surface area contributed by atoms with Crippen LogP contribution in [0.25, 0.3) is 0 Å². The van der Waals surface area contributed by atoms with Gasteiger partial charge in [-0.2, -0.15) is 0 Å². The average molecular weight is 265 g/mol. The SMILES string of the molecule is CCCNC1CCCCCC1C1CCCC(CC)C1. The maximum atomic E-state index is 3.89. The van der Waals surface area contributed by atoms with E-state index in [2.05, 4.69) is 19.2 Å². The summed E-state index contributed by atoms with van der Waals surface area (Å²) in [4.78, 5) is 0. The van der Waals surface area contributed by atoms with Gasteiger partial charge in [-0.15, -0.1) is 0 Å². The van der Waals surface area contributed by atoms with Crippen molar-refractivity contribution in [3.8, 4) is 0 Å². The van der Waals surface area contributed by atoms with Crippen LogP contribution in [-0.4, -0.2) is 12.6 Å². The third-order valence-electron chi connectivity index (χ3n) is 5.73. The molecule has 19 heavy (non-hydrogen) atoms. The standard InChI is InChI=1S/C18H35N/c1-3-13-19-18-12-7-5-6-11-17(18)16-10-8-9-15(4-2)14-16/h15-19H,3-14H2,1-2H3. The van der Waals surface area contributed by atoms with Crippen LogP contribution >= 0.6 is 0 Å². The van der Waals surface area contributed by atoms with Crippen molar-refractivity contribution in [2.75, 3.05) is 6.54 Å². The summed E-state index contributed by atoms with van der Waals surface area (Å²) in [6.07, 6.45) is 16.1. The van der Waals surface area contributed by atoms with E-state index in [1.807, 2.05) is 0 Å². The molecule has 2 fully saturated rings. The van der Waals surface area contributed by atoms with Gasteiger partial charge in [-0.1, -0.05) is 58.8 Å². The lowest BCUT2D eigenvalue weighted by Gasteiger charge is -2.38. The molecule has 0 aromatic rings. The summed E-state index contributed by atoms with van der Waals surface area (Å²) in [6, 6.07) is 0.836. The van der Waals surface area contributed by atoms with Crippen LogP contribution in [0.5, 0.6) is 0 Å². The molecule has 0 heterocycles. The fraction of sp³-hybridized carbons (Fsp3) is 1.00. The van der Waals surface area contributed by atoms with Gasteiger partial charge >= 0.3 is 0 Å². The van der Waals surface area contributed by atoms with Gasteiger partial charge in [0.25, 0.3) is 0 Å². The average Bonchev–Trinajstić information content (AvgIpc) is 2.70. The number of rotatable bonds is 5. The van der Waals surface area contributed by atoms with Gasteiger partial charge in [0.2, 0.25) is 0 Å². The van der Waals surface area contributed by atoms with E-state index in [1.165, 1.54) is 77.2 Å². The summed E-state index contributed by atoms with van der Waals surface area (Å²) in [5.41, 5.74) is 0. The van der Waals surface area contributed by atoms with E-state index in [1.54, 1.807) is 0 Å². The predicted octanol–water partition coefficient (Wildman–Crippen LogP) is 5.15. The Hall–Kier alpha value is -0.0400. The zero-order chi connectivity index (χ0) is 13.5. The Kier molecular flexibility index (Phi) is 6.70. The number of hydrogen-bond donors (Lipinski definition) is 1. The third kappa shape index (κ3) is 4.48. The second-order valence-corrected chi connectivity index (χ2v) is 7.06. The molecule has 0 aromatic carbocycles. The molecule has 1 N–H and O–H groups in total. The van der Waals surface area contributed by atoms with Crippen LogP contribution in [0.4, 0.5) is 0 Å². The molecular formula is C18H35N. The summed E-state index contributed by atoms with van der Waals surface area (Å²) >= 11 is 0. The van der Waals surface area contributed by atoms with Crippen LogP contribution in [0.2, 0.25) is 0 Å². The summed E-state index contributed by atoms with van der Waals surface area (Å²) < 4.78 is 0. The molecule has 0 saturated heterocycles. The number of hydrogen-bond acceptors (Lipinski definition) is 1. The van der Waals surface area contributed by atoms with Crippen molar-refractivity contribution >= 4 is 0 Å². The van der Waals surface area contributed by atoms with Crippen LogP contribution in [0.15, 0.2) is 0 Å². The highest BCUT2D eigenvalue weighted by Gasteiger charge is 2.33. The molecule has 0 spiro atoms. The van der Waals surface area contributed by atoms with Gasteiger partial charge in [-0.25, -0.2) is 0 Å². The number of nitrogens with one attached hydrogen (secondary N) is 1. The van der Waals surface area contributed by atoms with E-state index in [-0.39, 0.29) is 0 Å². The van der Waals surface area contributed by atoms with Crippen molar-refractivity contribution < 1.29 is 0 Å². The lowest BCUT2D eigenvalue weighted by atomic mass is 9.70. The zero-order valence-corrected chi connectivity index (χ0v) is 13.3. The minimum absolute atomic E-state index is 0.836. The van der Waals surface area contributed by atoms with E-state index in [9.17, 15) is 0 Å². The summed E-state index contributed by atoms with van der Waals surface area (Å²) in [5, 5.41) is 3.89. The van der Waals surface area contributed by atoms with Gasteiger partial charge in [-0.3, -0.25) is 0 Å². The Bertz CT molecular complexity index is 238. The molecule has 0 aromatic heterocycles. The maximum Gasteiger partial charge on any atom is 0.00979 e. The van der Waals surface area contributed by atoms with Crippen molar-refractivity contribution in [3.05, 3.63) is 0 Å². The minimum atomic E-state index is 0.836. The molecule has 2 rings (SSSR count). The summed E-state index contributed by atoms with van der Waals surface area (Å²) in [5.74, 6) is 3.06. The molecule has 2 saturated carbocycles. The zero-order valence-electron chi connectivity index (χ0n) is 13.3. The molecule has 0 amide bonds. The monoisotopic (exact) mass is 265 g/mol. The van der Waals surface area contributed by atoms with Crippen LogP contribution in [0, 0.1) is 17.8 Å². The lowest BCUT2D eigenvalue weighted by molar-refractivity contribution is 0.149. The van der Waals surface area contributed by atoms with Gasteiger partial charge in [0.1, 0.15) is 0 Å².